The summed E-state index contributed by atoms with van der Waals surface area (Å²) in [7, 11) is 0. The molecule has 152 valence electrons. The molecule has 3 aromatic heterocycles. The minimum atomic E-state index is -0.250. The number of aryl methyl sites for hydroxylation is 1. The van der Waals surface area contributed by atoms with Crippen LogP contribution in [-0.2, 0) is 0 Å². The summed E-state index contributed by atoms with van der Waals surface area (Å²) in [6, 6.07) is 19.0. The van der Waals surface area contributed by atoms with Crippen LogP contribution in [0.1, 0.15) is 16.1 Å². The van der Waals surface area contributed by atoms with E-state index in [-0.39, 0.29) is 5.91 Å². The quantitative estimate of drug-likeness (QED) is 0.384. The third-order valence-electron chi connectivity index (χ3n) is 4.59. The molecule has 0 aliphatic carbocycles. The largest absolute Gasteiger partial charge is 0.335 e. The van der Waals surface area contributed by atoms with Gasteiger partial charge in [0, 0.05) is 16.1 Å². The lowest BCUT2D eigenvalue weighted by Gasteiger charge is -2.09. The Balaban J connectivity index is 1.44. The summed E-state index contributed by atoms with van der Waals surface area (Å²) in [5, 5.41) is 15.4. The van der Waals surface area contributed by atoms with Gasteiger partial charge >= 0.3 is 0 Å². The molecule has 0 unspecified atom stereocenters. The fourth-order valence-electron chi connectivity index (χ4n) is 3.14. The minimum absolute atomic E-state index is 0.250. The van der Waals surface area contributed by atoms with Crippen molar-refractivity contribution < 1.29 is 9.32 Å². The zero-order valence-electron chi connectivity index (χ0n) is 16.3. The van der Waals surface area contributed by atoms with Crippen LogP contribution in [0.4, 0.5) is 5.69 Å². The van der Waals surface area contributed by atoms with Crippen molar-refractivity contribution in [2.24, 2.45) is 0 Å². The van der Waals surface area contributed by atoms with Gasteiger partial charge in [-0.25, -0.2) is 4.98 Å². The van der Waals surface area contributed by atoms with Crippen LogP contribution in [0, 0.1) is 6.92 Å². The second kappa shape index (κ2) is 8.29. The summed E-state index contributed by atoms with van der Waals surface area (Å²) in [6.45, 7) is 1.80. The average Bonchev–Trinajstić information content (AvgIpc) is 3.45. The number of hydrogen-bond acceptors (Lipinski definition) is 8. The van der Waals surface area contributed by atoms with Gasteiger partial charge in [-0.3, -0.25) is 4.79 Å². The number of carbonyl (C=O) groups excluding carboxylic acids is 1. The third-order valence-corrected chi connectivity index (χ3v) is 6.37. The maximum Gasteiger partial charge on any atom is 0.259 e. The summed E-state index contributed by atoms with van der Waals surface area (Å²) in [6.07, 6.45) is 0. The first-order valence-electron chi connectivity index (χ1n) is 9.35. The second-order valence-corrected chi connectivity index (χ2v) is 8.81. The molecule has 0 aliphatic heterocycles. The lowest BCUT2D eigenvalue weighted by Crippen LogP contribution is -2.13. The lowest BCUT2D eigenvalue weighted by atomic mass is 10.1. The van der Waals surface area contributed by atoms with Crippen molar-refractivity contribution in [1.82, 2.24) is 20.3 Å². The molecular formula is C22H15N5O2S2. The maximum atomic E-state index is 13.2. The van der Waals surface area contributed by atoms with E-state index in [2.05, 4.69) is 25.7 Å². The molecule has 0 bridgehead atoms. The average molecular weight is 446 g/mol. The molecule has 31 heavy (non-hydrogen) atoms. The van der Waals surface area contributed by atoms with Gasteiger partial charge in [0.15, 0.2) is 4.34 Å². The van der Waals surface area contributed by atoms with Crippen LogP contribution in [0.3, 0.4) is 0 Å². The summed E-state index contributed by atoms with van der Waals surface area (Å²) < 4.78 is 6.23. The van der Waals surface area contributed by atoms with E-state index in [1.807, 2.05) is 54.6 Å². The SMILES string of the molecule is Cc1noc2nc(-c3ccccc3)cc(C(=O)Nc3ccc(Sc4nncs4)cc3)c12. The van der Waals surface area contributed by atoms with E-state index < -0.39 is 0 Å². The molecule has 2 aromatic carbocycles. The highest BCUT2D eigenvalue weighted by molar-refractivity contribution is 8.01. The van der Waals surface area contributed by atoms with Crippen molar-refractivity contribution in [2.45, 2.75) is 16.2 Å². The number of fused-ring (bicyclic) bond motifs is 1. The first kappa shape index (κ1) is 19.4. The van der Waals surface area contributed by atoms with Gasteiger partial charge < -0.3 is 9.84 Å². The fourth-order valence-corrected chi connectivity index (χ4v) is 4.59. The molecule has 0 atom stereocenters. The number of nitrogens with zero attached hydrogens (tertiary/aromatic N) is 4. The van der Waals surface area contributed by atoms with E-state index in [0.717, 1.165) is 14.8 Å². The molecule has 0 saturated heterocycles. The Morgan fingerprint density at radius 3 is 2.65 bits per heavy atom. The molecule has 0 radical (unpaired) electrons. The van der Waals surface area contributed by atoms with Crippen molar-refractivity contribution in [3.05, 3.63) is 77.4 Å². The van der Waals surface area contributed by atoms with Gasteiger partial charge in [0.2, 0.25) is 0 Å². The van der Waals surface area contributed by atoms with Crippen molar-refractivity contribution in [1.29, 1.82) is 0 Å². The van der Waals surface area contributed by atoms with E-state index >= 15 is 0 Å². The van der Waals surface area contributed by atoms with E-state index in [0.29, 0.717) is 33.7 Å². The van der Waals surface area contributed by atoms with Gasteiger partial charge in [0.25, 0.3) is 11.6 Å². The second-order valence-electron chi connectivity index (χ2n) is 6.65. The zero-order valence-corrected chi connectivity index (χ0v) is 17.9. The first-order chi connectivity index (χ1) is 15.2. The molecule has 7 nitrogen and oxygen atoms in total. The number of aromatic nitrogens is 4. The molecule has 0 fully saturated rings. The van der Waals surface area contributed by atoms with E-state index in [1.54, 1.807) is 18.5 Å². The predicted octanol–water partition coefficient (Wildman–Crippen LogP) is 5.45. The van der Waals surface area contributed by atoms with Crippen LogP contribution in [0.15, 0.2) is 79.9 Å². The third kappa shape index (κ3) is 4.05. The molecule has 0 spiro atoms. The van der Waals surface area contributed by atoms with Gasteiger partial charge in [-0.1, -0.05) is 58.6 Å². The number of nitrogens with one attached hydrogen (secondary N) is 1. The van der Waals surface area contributed by atoms with Crippen LogP contribution in [0.25, 0.3) is 22.4 Å². The Labute approximate surface area is 185 Å². The normalized spacial score (nSPS) is 11.0. The van der Waals surface area contributed by atoms with E-state index in [1.165, 1.54) is 23.1 Å². The highest BCUT2D eigenvalue weighted by atomic mass is 32.2. The number of rotatable bonds is 5. The van der Waals surface area contributed by atoms with Crippen LogP contribution >= 0.6 is 23.1 Å². The van der Waals surface area contributed by atoms with Gasteiger partial charge in [-0.2, -0.15) is 0 Å². The highest BCUT2D eigenvalue weighted by Gasteiger charge is 2.19. The Kier molecular flexibility index (Phi) is 5.19. The van der Waals surface area contributed by atoms with Gasteiger partial charge in [-0.15, -0.1) is 10.2 Å². The smallest absolute Gasteiger partial charge is 0.259 e. The molecular weight excluding hydrogens is 430 g/mol. The highest BCUT2D eigenvalue weighted by Crippen LogP contribution is 2.30. The van der Waals surface area contributed by atoms with Crippen molar-refractivity contribution in [3.63, 3.8) is 0 Å². The zero-order chi connectivity index (χ0) is 21.2. The van der Waals surface area contributed by atoms with Crippen LogP contribution in [0.5, 0.6) is 0 Å². The Bertz CT molecular complexity index is 1350. The molecule has 5 aromatic rings. The van der Waals surface area contributed by atoms with Crippen molar-refractivity contribution >= 4 is 45.8 Å². The number of amides is 1. The number of pyridine rings is 1. The fraction of sp³-hybridized carbons (Fsp3) is 0.0455. The number of anilines is 1. The Morgan fingerprint density at radius 1 is 1.10 bits per heavy atom. The Hall–Kier alpha value is -3.56. The number of benzene rings is 2. The predicted molar refractivity (Wildman–Crippen MR) is 120 cm³/mol. The van der Waals surface area contributed by atoms with E-state index in [9.17, 15) is 4.79 Å². The molecule has 1 N–H and O–H groups in total. The first-order valence-corrected chi connectivity index (χ1v) is 11.0. The van der Waals surface area contributed by atoms with Crippen molar-refractivity contribution in [3.8, 4) is 11.3 Å². The van der Waals surface area contributed by atoms with Crippen LogP contribution in [-0.4, -0.2) is 26.2 Å². The van der Waals surface area contributed by atoms with Crippen LogP contribution in [0.2, 0.25) is 0 Å². The van der Waals surface area contributed by atoms with E-state index in [4.69, 9.17) is 4.52 Å². The Morgan fingerprint density at radius 2 is 1.90 bits per heavy atom. The molecule has 0 aliphatic rings. The molecule has 3 heterocycles. The molecule has 9 heteroatoms. The lowest BCUT2D eigenvalue weighted by molar-refractivity contribution is 0.102. The monoisotopic (exact) mass is 445 g/mol. The minimum Gasteiger partial charge on any atom is -0.335 e. The summed E-state index contributed by atoms with van der Waals surface area (Å²) in [4.78, 5) is 18.7. The van der Waals surface area contributed by atoms with Crippen molar-refractivity contribution in [2.75, 3.05) is 5.32 Å². The summed E-state index contributed by atoms with van der Waals surface area (Å²) in [5.74, 6) is -0.250. The van der Waals surface area contributed by atoms with Gasteiger partial charge in [-0.05, 0) is 37.3 Å². The molecule has 5 rings (SSSR count). The van der Waals surface area contributed by atoms with Gasteiger partial charge in [0.1, 0.15) is 5.51 Å². The number of hydrogen-bond donors (Lipinski definition) is 1. The molecule has 0 saturated carbocycles. The summed E-state index contributed by atoms with van der Waals surface area (Å²) >= 11 is 3.01. The van der Waals surface area contributed by atoms with Gasteiger partial charge in [0.05, 0.1) is 22.3 Å². The number of carbonyl (C=O) groups is 1. The maximum absolute atomic E-state index is 13.2. The topological polar surface area (TPSA) is 93.8 Å². The standard InChI is InChI=1S/C22H15N5O2S2/c1-13-19-17(11-18(25-21(19)29-27-13)14-5-3-2-4-6-14)20(28)24-15-7-9-16(10-8-15)31-22-26-23-12-30-22/h2-12H,1H3,(H,24,28). The summed E-state index contributed by atoms with van der Waals surface area (Å²) in [5.41, 5.74) is 5.36. The molecule has 1 amide bonds. The van der Waals surface area contributed by atoms with Crippen LogP contribution < -0.4 is 5.32 Å².